The highest BCUT2D eigenvalue weighted by atomic mass is 79.9. The van der Waals surface area contributed by atoms with Crippen LogP contribution >= 0.6 is 27.3 Å². The van der Waals surface area contributed by atoms with Crippen LogP contribution in [0.25, 0.3) is 12.2 Å². The summed E-state index contributed by atoms with van der Waals surface area (Å²) in [4.78, 5) is 26.5. The zero-order chi connectivity index (χ0) is 15.5. The molecule has 0 fully saturated rings. The molecule has 1 aromatic carbocycles. The average molecular weight is 376 g/mol. The first kappa shape index (κ1) is 14.7. The van der Waals surface area contributed by atoms with Crippen molar-refractivity contribution < 1.29 is 9.21 Å². The summed E-state index contributed by atoms with van der Waals surface area (Å²) in [6, 6.07) is 10.8. The maximum Gasteiger partial charge on any atom is 0.266 e. The first-order valence-corrected chi connectivity index (χ1v) is 7.99. The number of Topliss-reactive ketones (excluding diaryl/α,β-unsaturated/α-hetero) is 1. The number of aromatic amines is 1. The number of thiazole rings is 1. The lowest BCUT2D eigenvalue weighted by Gasteiger charge is -1.91. The minimum absolute atomic E-state index is 0.216. The first-order chi connectivity index (χ1) is 10.6. The molecule has 0 saturated heterocycles. The fourth-order valence-corrected chi connectivity index (χ4v) is 2.99. The fraction of sp³-hybridized carbons (Fsp3) is 0. The summed E-state index contributed by atoms with van der Waals surface area (Å²) in [5, 5.41) is 0. The van der Waals surface area contributed by atoms with Crippen molar-refractivity contribution in [2.75, 3.05) is 0 Å². The molecule has 0 aliphatic heterocycles. The average Bonchev–Trinajstić information content (AvgIpc) is 3.12. The molecule has 2 heterocycles. The van der Waals surface area contributed by atoms with Gasteiger partial charge in [0.1, 0.15) is 0 Å². The van der Waals surface area contributed by atoms with Crippen molar-refractivity contribution in [2.45, 2.75) is 0 Å². The van der Waals surface area contributed by atoms with E-state index in [1.807, 2.05) is 24.3 Å². The smallest absolute Gasteiger partial charge is 0.266 e. The van der Waals surface area contributed by atoms with Gasteiger partial charge in [0.25, 0.3) is 5.56 Å². The van der Waals surface area contributed by atoms with Gasteiger partial charge in [-0.05, 0) is 35.9 Å². The fourth-order valence-electron chi connectivity index (χ4n) is 1.84. The van der Waals surface area contributed by atoms with Gasteiger partial charge in [0, 0.05) is 10.5 Å². The lowest BCUT2D eigenvalue weighted by Crippen LogP contribution is -2.19. The number of furan rings is 1. The predicted octanol–water partition coefficient (Wildman–Crippen LogP) is 2.28. The standard InChI is InChI=1S/C16H10BrNO3S/c17-11-5-3-10(4-6-11)8-14-16(20)18-15(22-14)9-12(19)13-2-1-7-21-13/h1-9H,(H,18,20). The number of carbonyl (C=O) groups is 1. The quantitative estimate of drug-likeness (QED) is 0.714. The lowest BCUT2D eigenvalue weighted by molar-refractivity contribution is 0.103. The molecular formula is C16H10BrNO3S. The molecular weight excluding hydrogens is 366 g/mol. The van der Waals surface area contributed by atoms with Gasteiger partial charge in [-0.3, -0.25) is 9.59 Å². The Balaban J connectivity index is 1.99. The zero-order valence-electron chi connectivity index (χ0n) is 11.2. The Morgan fingerprint density at radius 1 is 1.23 bits per heavy atom. The van der Waals surface area contributed by atoms with Gasteiger partial charge in [-0.1, -0.05) is 28.1 Å². The molecule has 0 spiro atoms. The van der Waals surface area contributed by atoms with Crippen molar-refractivity contribution in [1.82, 2.24) is 4.98 Å². The molecule has 0 atom stereocenters. The molecule has 1 N–H and O–H groups in total. The Kier molecular flexibility index (Phi) is 4.22. The Labute approximate surface area is 137 Å². The van der Waals surface area contributed by atoms with Gasteiger partial charge < -0.3 is 9.40 Å². The summed E-state index contributed by atoms with van der Waals surface area (Å²) in [7, 11) is 0. The summed E-state index contributed by atoms with van der Waals surface area (Å²) in [5.74, 6) is -0.0367. The summed E-state index contributed by atoms with van der Waals surface area (Å²) in [5.41, 5.74) is 0.700. The van der Waals surface area contributed by atoms with E-state index in [-0.39, 0.29) is 17.1 Å². The highest BCUT2D eigenvalue weighted by molar-refractivity contribution is 9.10. The Hall–Kier alpha value is -2.18. The number of ketones is 1. The van der Waals surface area contributed by atoms with E-state index in [4.69, 9.17) is 4.42 Å². The number of hydrogen-bond donors (Lipinski definition) is 1. The Bertz CT molecular complexity index is 966. The van der Waals surface area contributed by atoms with Crippen molar-refractivity contribution in [3.05, 3.63) is 78.0 Å². The van der Waals surface area contributed by atoms with Crippen molar-refractivity contribution in [1.29, 1.82) is 0 Å². The van der Waals surface area contributed by atoms with Gasteiger partial charge >= 0.3 is 0 Å². The van der Waals surface area contributed by atoms with Gasteiger partial charge in [-0.15, -0.1) is 11.3 Å². The number of nitrogens with one attached hydrogen (secondary N) is 1. The molecule has 0 aliphatic carbocycles. The second-order valence-electron chi connectivity index (χ2n) is 4.47. The topological polar surface area (TPSA) is 63.1 Å². The van der Waals surface area contributed by atoms with E-state index in [0.29, 0.717) is 9.20 Å². The van der Waals surface area contributed by atoms with Crippen LogP contribution in [0, 0.1) is 0 Å². The third kappa shape index (κ3) is 3.35. The van der Waals surface area contributed by atoms with E-state index in [0.717, 1.165) is 10.0 Å². The van der Waals surface area contributed by atoms with Crippen LogP contribution < -0.4 is 14.8 Å². The Morgan fingerprint density at radius 3 is 2.68 bits per heavy atom. The number of aromatic nitrogens is 1. The number of rotatable bonds is 3. The molecule has 3 aromatic rings. The highest BCUT2D eigenvalue weighted by Crippen LogP contribution is 2.10. The molecule has 0 radical (unpaired) electrons. The van der Waals surface area contributed by atoms with Crippen LogP contribution in [0.1, 0.15) is 16.1 Å². The van der Waals surface area contributed by atoms with Gasteiger partial charge in [-0.2, -0.15) is 0 Å². The third-order valence-electron chi connectivity index (χ3n) is 2.87. The van der Waals surface area contributed by atoms with Crippen molar-refractivity contribution in [2.24, 2.45) is 0 Å². The second kappa shape index (κ2) is 6.29. The molecule has 22 heavy (non-hydrogen) atoms. The lowest BCUT2D eigenvalue weighted by atomic mass is 10.2. The van der Waals surface area contributed by atoms with E-state index >= 15 is 0 Å². The van der Waals surface area contributed by atoms with Gasteiger partial charge in [-0.25, -0.2) is 0 Å². The molecule has 3 rings (SSSR count). The van der Waals surface area contributed by atoms with Crippen LogP contribution in [0.4, 0.5) is 0 Å². The van der Waals surface area contributed by atoms with Crippen LogP contribution in [-0.2, 0) is 0 Å². The van der Waals surface area contributed by atoms with Crippen LogP contribution in [0.2, 0.25) is 0 Å². The maximum atomic E-state index is 11.9. The molecule has 0 unspecified atom stereocenters. The summed E-state index contributed by atoms with van der Waals surface area (Å²) < 4.78 is 7.04. The van der Waals surface area contributed by atoms with E-state index in [2.05, 4.69) is 20.9 Å². The van der Waals surface area contributed by atoms with E-state index in [1.54, 1.807) is 18.2 Å². The van der Waals surface area contributed by atoms with E-state index in [9.17, 15) is 9.59 Å². The second-order valence-corrected chi connectivity index (χ2v) is 6.47. The monoisotopic (exact) mass is 375 g/mol. The number of halogens is 1. The minimum Gasteiger partial charge on any atom is -0.461 e. The molecule has 0 saturated carbocycles. The van der Waals surface area contributed by atoms with Crippen LogP contribution in [0.15, 0.2) is 56.3 Å². The third-order valence-corrected chi connectivity index (χ3v) is 4.37. The summed E-state index contributed by atoms with van der Waals surface area (Å²) in [6.45, 7) is 0. The van der Waals surface area contributed by atoms with Crippen LogP contribution in [-0.4, -0.2) is 10.8 Å². The number of hydrogen-bond acceptors (Lipinski definition) is 4. The van der Waals surface area contributed by atoms with E-state index < -0.39 is 0 Å². The summed E-state index contributed by atoms with van der Waals surface area (Å²) >= 11 is 4.60. The molecule has 6 heteroatoms. The van der Waals surface area contributed by atoms with Crippen molar-refractivity contribution in [3.8, 4) is 0 Å². The van der Waals surface area contributed by atoms with Crippen LogP contribution in [0.3, 0.4) is 0 Å². The largest absolute Gasteiger partial charge is 0.461 e. The molecule has 0 amide bonds. The minimum atomic E-state index is -0.280. The highest BCUT2D eigenvalue weighted by Gasteiger charge is 2.05. The molecule has 2 aromatic heterocycles. The summed E-state index contributed by atoms with van der Waals surface area (Å²) in [6.07, 6.45) is 4.58. The van der Waals surface area contributed by atoms with Crippen molar-refractivity contribution in [3.63, 3.8) is 0 Å². The molecule has 0 aliphatic rings. The van der Waals surface area contributed by atoms with E-state index in [1.165, 1.54) is 23.7 Å². The first-order valence-electron chi connectivity index (χ1n) is 6.38. The number of carbonyl (C=O) groups excluding carboxylic acids is 1. The normalized spacial score (nSPS) is 12.8. The molecule has 4 nitrogen and oxygen atoms in total. The number of H-pyrrole nitrogens is 1. The van der Waals surface area contributed by atoms with Crippen molar-refractivity contribution >= 4 is 45.2 Å². The molecule has 0 bridgehead atoms. The van der Waals surface area contributed by atoms with Crippen LogP contribution in [0.5, 0.6) is 0 Å². The van der Waals surface area contributed by atoms with Gasteiger partial charge in [0.05, 0.1) is 15.5 Å². The van der Waals surface area contributed by atoms with Gasteiger partial charge in [0.15, 0.2) is 5.76 Å². The zero-order valence-corrected chi connectivity index (χ0v) is 13.6. The molecule has 110 valence electrons. The number of benzene rings is 1. The Morgan fingerprint density at radius 2 is 2.00 bits per heavy atom. The predicted molar refractivity (Wildman–Crippen MR) is 89.4 cm³/mol. The SMILES string of the molecule is O=C(C=c1[nH]c(=O)c(=Cc2ccc(Br)cc2)s1)c1ccco1. The maximum absolute atomic E-state index is 11.9. The van der Waals surface area contributed by atoms with Gasteiger partial charge in [0.2, 0.25) is 5.78 Å².